The molecule has 2 rings (SSSR count). The summed E-state index contributed by atoms with van der Waals surface area (Å²) < 4.78 is 27.4. The maximum absolute atomic E-state index is 7.78. The minimum atomic E-state index is -0.00686. The quantitative estimate of drug-likeness (QED) is 0.319. The molecule has 29 heavy (non-hydrogen) atoms. The van der Waals surface area contributed by atoms with Crippen molar-refractivity contribution in [3.63, 3.8) is 0 Å². The molecule has 0 aromatic heterocycles. The molecule has 3 N–H and O–H groups in total. The molecule has 8 heteroatoms. The molecule has 0 fully saturated rings. The second-order valence-corrected chi connectivity index (χ2v) is 6.09. The summed E-state index contributed by atoms with van der Waals surface area (Å²) >= 11 is 0. The first-order valence-electron chi connectivity index (χ1n) is 9.28. The SMILES string of the molecule is COc1ccc(OC)c(OCCCN(CCOc2ccccc2OC)C(=N)N)c1. The Labute approximate surface area is 171 Å². The molecule has 0 bridgehead atoms. The Morgan fingerprint density at radius 2 is 1.48 bits per heavy atom. The van der Waals surface area contributed by atoms with Gasteiger partial charge >= 0.3 is 0 Å². The first kappa shape index (κ1) is 22.0. The van der Waals surface area contributed by atoms with Gasteiger partial charge in [0.1, 0.15) is 12.4 Å². The predicted molar refractivity (Wildman–Crippen MR) is 112 cm³/mol. The Bertz CT molecular complexity index is 785. The fraction of sp³-hybridized carbons (Fsp3) is 0.381. The molecule has 0 amide bonds. The number of para-hydroxylation sites is 2. The van der Waals surface area contributed by atoms with Gasteiger partial charge in [0.05, 0.1) is 34.5 Å². The maximum Gasteiger partial charge on any atom is 0.188 e. The number of nitrogens with two attached hydrogens (primary N) is 1. The maximum atomic E-state index is 7.78. The van der Waals surface area contributed by atoms with Gasteiger partial charge in [-0.2, -0.15) is 0 Å². The number of hydrogen-bond acceptors (Lipinski definition) is 6. The topological polar surface area (TPSA) is 99.3 Å². The highest BCUT2D eigenvalue weighted by Gasteiger charge is 2.10. The fourth-order valence-electron chi connectivity index (χ4n) is 2.69. The van der Waals surface area contributed by atoms with E-state index >= 15 is 0 Å². The van der Waals surface area contributed by atoms with Crippen molar-refractivity contribution in [2.24, 2.45) is 5.73 Å². The first-order valence-corrected chi connectivity index (χ1v) is 9.28. The van der Waals surface area contributed by atoms with Crippen molar-refractivity contribution in [1.82, 2.24) is 4.90 Å². The summed E-state index contributed by atoms with van der Waals surface area (Å²) in [4.78, 5) is 1.74. The molecule has 0 heterocycles. The molecule has 0 radical (unpaired) electrons. The van der Waals surface area contributed by atoms with Gasteiger partial charge in [-0.05, 0) is 30.7 Å². The summed E-state index contributed by atoms with van der Waals surface area (Å²) in [6.45, 7) is 1.87. The molecule has 2 aromatic rings. The number of methoxy groups -OCH3 is 3. The molecule has 0 aliphatic rings. The van der Waals surface area contributed by atoms with Crippen LogP contribution in [0.1, 0.15) is 6.42 Å². The second-order valence-electron chi connectivity index (χ2n) is 6.09. The predicted octanol–water partition coefficient (Wildman–Crippen LogP) is 2.76. The highest BCUT2D eigenvalue weighted by molar-refractivity contribution is 5.74. The van der Waals surface area contributed by atoms with Crippen LogP contribution in [0.15, 0.2) is 42.5 Å². The summed E-state index contributed by atoms with van der Waals surface area (Å²) in [5.74, 6) is 3.27. The van der Waals surface area contributed by atoms with Crippen molar-refractivity contribution >= 4 is 5.96 Å². The first-order chi connectivity index (χ1) is 14.1. The zero-order valence-electron chi connectivity index (χ0n) is 17.1. The van der Waals surface area contributed by atoms with E-state index in [-0.39, 0.29) is 5.96 Å². The molecule has 0 unspecified atom stereocenters. The van der Waals surface area contributed by atoms with Gasteiger partial charge in [-0.15, -0.1) is 0 Å². The van der Waals surface area contributed by atoms with Gasteiger partial charge in [-0.3, -0.25) is 5.41 Å². The van der Waals surface area contributed by atoms with Gasteiger partial charge in [0.25, 0.3) is 0 Å². The summed E-state index contributed by atoms with van der Waals surface area (Å²) in [5, 5.41) is 7.78. The molecular formula is C21H29N3O5. The molecule has 0 atom stereocenters. The Kier molecular flexibility index (Phi) is 8.75. The monoisotopic (exact) mass is 403 g/mol. The molecule has 0 aliphatic heterocycles. The lowest BCUT2D eigenvalue weighted by Gasteiger charge is -2.23. The Morgan fingerprint density at radius 1 is 0.828 bits per heavy atom. The average molecular weight is 403 g/mol. The van der Waals surface area contributed by atoms with E-state index in [2.05, 4.69) is 0 Å². The highest BCUT2D eigenvalue weighted by Crippen LogP contribution is 2.31. The zero-order valence-corrected chi connectivity index (χ0v) is 17.1. The van der Waals surface area contributed by atoms with Crippen molar-refractivity contribution in [2.75, 3.05) is 47.6 Å². The van der Waals surface area contributed by atoms with E-state index in [4.69, 9.17) is 34.8 Å². The van der Waals surface area contributed by atoms with Crippen LogP contribution < -0.4 is 29.4 Å². The molecule has 2 aromatic carbocycles. The third-order valence-electron chi connectivity index (χ3n) is 4.23. The minimum Gasteiger partial charge on any atom is -0.497 e. The number of hydrogen-bond donors (Lipinski definition) is 2. The second kappa shape index (κ2) is 11.5. The summed E-state index contributed by atoms with van der Waals surface area (Å²) in [5.41, 5.74) is 5.70. The molecule has 158 valence electrons. The smallest absolute Gasteiger partial charge is 0.188 e. The van der Waals surface area contributed by atoms with E-state index in [1.807, 2.05) is 30.3 Å². The third-order valence-corrected chi connectivity index (χ3v) is 4.23. The van der Waals surface area contributed by atoms with Crippen LogP contribution in [-0.2, 0) is 0 Å². The van der Waals surface area contributed by atoms with Crippen LogP contribution in [0.25, 0.3) is 0 Å². The Hall–Kier alpha value is -3.29. The van der Waals surface area contributed by atoms with Crippen molar-refractivity contribution in [2.45, 2.75) is 6.42 Å². The van der Waals surface area contributed by atoms with Crippen LogP contribution in [-0.4, -0.2) is 58.5 Å². The number of nitrogens with zero attached hydrogens (tertiary/aromatic N) is 1. The summed E-state index contributed by atoms with van der Waals surface area (Å²) in [6, 6.07) is 12.8. The number of guanidine groups is 1. The normalized spacial score (nSPS) is 10.2. The molecular weight excluding hydrogens is 374 g/mol. The largest absolute Gasteiger partial charge is 0.497 e. The van der Waals surface area contributed by atoms with Crippen molar-refractivity contribution in [3.05, 3.63) is 42.5 Å². The molecule has 0 spiro atoms. The molecule has 0 saturated heterocycles. The van der Waals surface area contributed by atoms with Crippen molar-refractivity contribution < 1.29 is 23.7 Å². The van der Waals surface area contributed by atoms with E-state index in [1.54, 1.807) is 38.4 Å². The lowest BCUT2D eigenvalue weighted by molar-refractivity contribution is 0.237. The van der Waals surface area contributed by atoms with Gasteiger partial charge in [-0.25, -0.2) is 0 Å². The summed E-state index contributed by atoms with van der Waals surface area (Å²) in [7, 11) is 4.79. The lowest BCUT2D eigenvalue weighted by atomic mass is 10.3. The summed E-state index contributed by atoms with van der Waals surface area (Å²) in [6.07, 6.45) is 0.675. The zero-order chi connectivity index (χ0) is 21.1. The number of ether oxygens (including phenoxy) is 5. The van der Waals surface area contributed by atoms with Crippen molar-refractivity contribution in [1.29, 1.82) is 5.41 Å². The standard InChI is InChI=1S/C21H29N3O5/c1-25-16-9-10-18(27-3)20(15-16)28-13-6-11-24(21(22)23)12-14-29-19-8-5-4-7-17(19)26-2/h4-5,7-10,15H,6,11-14H2,1-3H3,(H3,22,23). The Morgan fingerprint density at radius 3 is 2.14 bits per heavy atom. The van der Waals surface area contributed by atoms with Crippen LogP contribution in [0.5, 0.6) is 28.7 Å². The lowest BCUT2D eigenvalue weighted by Crippen LogP contribution is -2.40. The van der Waals surface area contributed by atoms with Gasteiger partial charge in [0, 0.05) is 12.6 Å². The van der Waals surface area contributed by atoms with E-state index in [9.17, 15) is 0 Å². The fourth-order valence-corrected chi connectivity index (χ4v) is 2.69. The van der Waals surface area contributed by atoms with Gasteiger partial charge < -0.3 is 34.3 Å². The minimum absolute atomic E-state index is 0.00686. The van der Waals surface area contributed by atoms with E-state index in [1.165, 1.54) is 0 Å². The Balaban J connectivity index is 1.80. The van der Waals surface area contributed by atoms with E-state index in [0.717, 1.165) is 0 Å². The van der Waals surface area contributed by atoms with E-state index in [0.29, 0.717) is 61.5 Å². The molecule has 0 saturated carbocycles. The van der Waals surface area contributed by atoms with Crippen LogP contribution in [0, 0.1) is 5.41 Å². The molecule has 8 nitrogen and oxygen atoms in total. The highest BCUT2D eigenvalue weighted by atomic mass is 16.5. The van der Waals surface area contributed by atoms with Crippen LogP contribution in [0.2, 0.25) is 0 Å². The number of rotatable bonds is 12. The van der Waals surface area contributed by atoms with Gasteiger partial charge in [0.15, 0.2) is 29.0 Å². The number of benzene rings is 2. The molecule has 0 aliphatic carbocycles. The third kappa shape index (κ3) is 6.67. The van der Waals surface area contributed by atoms with Gasteiger partial charge in [0.2, 0.25) is 0 Å². The van der Waals surface area contributed by atoms with E-state index < -0.39 is 0 Å². The van der Waals surface area contributed by atoms with Crippen molar-refractivity contribution in [3.8, 4) is 28.7 Å². The van der Waals surface area contributed by atoms with Crippen LogP contribution in [0.3, 0.4) is 0 Å². The van der Waals surface area contributed by atoms with Crippen LogP contribution >= 0.6 is 0 Å². The van der Waals surface area contributed by atoms with Crippen LogP contribution in [0.4, 0.5) is 0 Å². The van der Waals surface area contributed by atoms with Gasteiger partial charge in [-0.1, -0.05) is 12.1 Å². The number of nitrogens with one attached hydrogen (secondary N) is 1. The average Bonchev–Trinajstić information content (AvgIpc) is 2.75.